The van der Waals surface area contributed by atoms with E-state index >= 15 is 0 Å². The highest BCUT2D eigenvalue weighted by Crippen LogP contribution is 2.37. The molecule has 6 aromatic heterocycles. The predicted molar refractivity (Wildman–Crippen MR) is 240 cm³/mol. The predicted octanol–water partition coefficient (Wildman–Crippen LogP) is 12.9. The Morgan fingerprint density at radius 2 is 1.40 bits per heavy atom. The van der Waals surface area contributed by atoms with Crippen molar-refractivity contribution < 1.29 is 0 Å². The number of thioether (sulfide) groups is 3. The second-order valence-corrected chi connectivity index (χ2v) is 18.3. The number of alkyl halides is 1. The summed E-state index contributed by atoms with van der Waals surface area (Å²) in [6.45, 7) is 8.40. The van der Waals surface area contributed by atoms with Gasteiger partial charge in [-0.1, -0.05) is 50.7 Å². The molecule has 55 heavy (non-hydrogen) atoms. The zero-order valence-electron chi connectivity index (χ0n) is 31.0. The Hall–Kier alpha value is -3.60. The normalized spacial score (nSPS) is 10.4. The van der Waals surface area contributed by atoms with Gasteiger partial charge in [-0.3, -0.25) is 9.97 Å². The van der Waals surface area contributed by atoms with Gasteiger partial charge in [0, 0.05) is 67.6 Å². The van der Waals surface area contributed by atoms with E-state index in [0.717, 1.165) is 75.9 Å². The van der Waals surface area contributed by atoms with Crippen LogP contribution in [-0.4, -0.2) is 51.7 Å². The van der Waals surface area contributed by atoms with Gasteiger partial charge in [-0.25, -0.2) is 15.0 Å². The Kier molecular flexibility index (Phi) is 19.4. The molecule has 0 amide bonds. The van der Waals surface area contributed by atoms with Crippen LogP contribution >= 0.6 is 81.8 Å². The van der Waals surface area contributed by atoms with Crippen LogP contribution in [0.3, 0.4) is 0 Å². The van der Waals surface area contributed by atoms with Crippen molar-refractivity contribution in [3.05, 3.63) is 97.7 Å². The van der Waals surface area contributed by atoms with E-state index in [1.165, 1.54) is 31.4 Å². The Balaban J connectivity index is 0.000000213. The first-order valence-corrected chi connectivity index (χ1v) is 23.4. The van der Waals surface area contributed by atoms with Crippen LogP contribution in [0.4, 0.5) is 0 Å². The first-order chi connectivity index (χ1) is 26.9. The number of aryl methyl sites for hydroxylation is 2. The molecule has 6 aromatic rings. The number of nitriles is 2. The molecule has 0 bridgehead atoms. The van der Waals surface area contributed by atoms with Crippen molar-refractivity contribution in [2.75, 3.05) is 21.8 Å². The molecule has 8 nitrogen and oxygen atoms in total. The summed E-state index contributed by atoms with van der Waals surface area (Å²) >= 11 is 19.2. The van der Waals surface area contributed by atoms with E-state index in [2.05, 4.69) is 50.9 Å². The van der Waals surface area contributed by atoms with Gasteiger partial charge >= 0.3 is 0 Å². The summed E-state index contributed by atoms with van der Waals surface area (Å²) in [6, 6.07) is 16.1. The van der Waals surface area contributed by atoms with Crippen LogP contribution in [0.1, 0.15) is 60.4 Å². The summed E-state index contributed by atoms with van der Waals surface area (Å²) in [6.07, 6.45) is 12.0. The van der Waals surface area contributed by atoms with Crippen molar-refractivity contribution in [1.82, 2.24) is 29.9 Å². The van der Waals surface area contributed by atoms with Gasteiger partial charge in [0.1, 0.15) is 21.8 Å². The summed E-state index contributed by atoms with van der Waals surface area (Å²) < 4.78 is 0.418. The zero-order chi connectivity index (χ0) is 39.4. The third-order valence-corrected chi connectivity index (χ3v) is 13.1. The van der Waals surface area contributed by atoms with E-state index in [1.807, 2.05) is 67.5 Å². The Labute approximate surface area is 354 Å². The highest BCUT2D eigenvalue weighted by atomic mass is 35.5. The van der Waals surface area contributed by atoms with E-state index < -0.39 is 0 Å². The quantitative estimate of drug-likeness (QED) is 0.0369. The molecule has 0 aliphatic rings. The first kappa shape index (κ1) is 44.1. The van der Waals surface area contributed by atoms with Crippen molar-refractivity contribution >= 4 is 81.8 Å². The molecular formula is C40H41ClN8S6. The lowest BCUT2D eigenvalue weighted by atomic mass is 10.0. The molecular weight excluding hydrogens is 820 g/mol. The average Bonchev–Trinajstić information content (AvgIpc) is 3.85. The standard InChI is InChI=1S/C20H20N4S3.C15H10N4S2.C5H11ClS/c1-3-4-8-25-13-27-20-17(10-21)16(19-14(2)26-12-23-19)9-18(24-20)15-6-5-7-22-11-15;1-9-14(18-8-21-9)11-5-13(10-3-2-4-17-7-10)19-15(20)12(11)6-16;1-2-3-4-7-5-6/h5-7,9,11-12H,3-4,8,13H2,1-2H3;2-5,7-8H,1H3,(H,19,20);2-5H2,1H3. The van der Waals surface area contributed by atoms with Gasteiger partial charge in [-0.15, -0.1) is 46.0 Å². The monoisotopic (exact) mass is 860 g/mol. The van der Waals surface area contributed by atoms with E-state index in [0.29, 0.717) is 15.8 Å². The van der Waals surface area contributed by atoms with E-state index in [9.17, 15) is 10.5 Å². The molecule has 6 heterocycles. The SMILES string of the molecule is CCCCSCCl.CCCCSCSc1nc(-c2cccnc2)cc(-c2ncsc2C)c1C#N.Cc1scnc1-c1cc(-c2cccnc2)[nH]c(=S)c1C#N. The number of H-pyrrole nitrogens is 1. The maximum Gasteiger partial charge on any atom is 0.122 e. The third kappa shape index (κ3) is 13.0. The van der Waals surface area contributed by atoms with Crippen LogP contribution in [0.5, 0.6) is 0 Å². The van der Waals surface area contributed by atoms with Crippen molar-refractivity contribution in [1.29, 1.82) is 10.5 Å². The van der Waals surface area contributed by atoms with Gasteiger partial charge < -0.3 is 4.98 Å². The lowest BCUT2D eigenvalue weighted by Gasteiger charge is -2.11. The fraction of sp³-hybridized carbons (Fsp3) is 0.300. The van der Waals surface area contributed by atoms with Crippen LogP contribution < -0.4 is 0 Å². The van der Waals surface area contributed by atoms with Crippen LogP contribution in [-0.2, 0) is 0 Å². The largest absolute Gasteiger partial charge is 0.345 e. The van der Waals surface area contributed by atoms with Crippen molar-refractivity contribution in [3.63, 3.8) is 0 Å². The smallest absolute Gasteiger partial charge is 0.122 e. The van der Waals surface area contributed by atoms with E-state index in [1.54, 1.807) is 76.5 Å². The molecule has 0 aliphatic heterocycles. The minimum Gasteiger partial charge on any atom is -0.345 e. The number of aromatic amines is 1. The topological polar surface area (TPSA) is 128 Å². The van der Waals surface area contributed by atoms with Gasteiger partial charge in [-0.2, -0.15) is 22.3 Å². The number of hydrogen-bond donors (Lipinski definition) is 1. The summed E-state index contributed by atoms with van der Waals surface area (Å²) in [7, 11) is 0. The van der Waals surface area contributed by atoms with Crippen molar-refractivity contribution in [3.8, 4) is 57.2 Å². The van der Waals surface area contributed by atoms with Gasteiger partial charge in [0.15, 0.2) is 0 Å². The molecule has 0 spiro atoms. The number of thiazole rings is 2. The van der Waals surface area contributed by atoms with Crippen molar-refractivity contribution in [2.24, 2.45) is 0 Å². The number of nitrogens with zero attached hydrogens (tertiary/aromatic N) is 7. The van der Waals surface area contributed by atoms with E-state index in [-0.39, 0.29) is 0 Å². The number of unbranched alkanes of at least 4 members (excludes halogenated alkanes) is 2. The van der Waals surface area contributed by atoms with Crippen LogP contribution in [0, 0.1) is 41.2 Å². The number of nitrogens with one attached hydrogen (secondary N) is 1. The van der Waals surface area contributed by atoms with Gasteiger partial charge in [-0.05, 0) is 74.6 Å². The lowest BCUT2D eigenvalue weighted by Crippen LogP contribution is -1.97. The number of aromatic nitrogens is 6. The fourth-order valence-electron chi connectivity index (χ4n) is 4.95. The highest BCUT2D eigenvalue weighted by Gasteiger charge is 2.19. The number of halogens is 1. The van der Waals surface area contributed by atoms with Gasteiger partial charge in [0.25, 0.3) is 0 Å². The highest BCUT2D eigenvalue weighted by molar-refractivity contribution is 8.16. The first-order valence-electron chi connectivity index (χ1n) is 17.4. The zero-order valence-corrected chi connectivity index (χ0v) is 36.7. The second-order valence-electron chi connectivity index (χ2n) is 11.7. The molecule has 15 heteroatoms. The molecule has 0 fully saturated rings. The summed E-state index contributed by atoms with van der Waals surface area (Å²) in [5.74, 6) is 2.35. The maximum absolute atomic E-state index is 9.84. The maximum atomic E-state index is 9.84. The Bertz CT molecular complexity index is 2220. The van der Waals surface area contributed by atoms with Gasteiger partial charge in [0.05, 0.1) is 44.4 Å². The summed E-state index contributed by atoms with van der Waals surface area (Å²) in [5.41, 5.74) is 11.5. The second kappa shape index (κ2) is 24.1. The molecule has 1 N–H and O–H groups in total. The number of rotatable bonds is 14. The van der Waals surface area contributed by atoms with Crippen LogP contribution in [0.2, 0.25) is 0 Å². The Morgan fingerprint density at radius 1 is 0.818 bits per heavy atom. The van der Waals surface area contributed by atoms with Gasteiger partial charge in [0.2, 0.25) is 0 Å². The molecule has 6 rings (SSSR count). The average molecular weight is 862 g/mol. The van der Waals surface area contributed by atoms with Crippen molar-refractivity contribution in [2.45, 2.75) is 58.4 Å². The molecule has 0 aromatic carbocycles. The minimum absolute atomic E-state index is 0.418. The van der Waals surface area contributed by atoms with E-state index in [4.69, 9.17) is 28.8 Å². The number of hydrogen-bond acceptors (Lipinski definition) is 13. The molecule has 0 aliphatic carbocycles. The number of pyridine rings is 4. The molecule has 0 saturated carbocycles. The third-order valence-electron chi connectivity index (χ3n) is 7.81. The Morgan fingerprint density at radius 3 is 1.91 bits per heavy atom. The van der Waals surface area contributed by atoms with Crippen LogP contribution in [0.25, 0.3) is 45.0 Å². The lowest BCUT2D eigenvalue weighted by molar-refractivity contribution is 0.897. The minimum atomic E-state index is 0.418. The molecule has 0 radical (unpaired) electrons. The molecule has 0 unspecified atom stereocenters. The summed E-state index contributed by atoms with van der Waals surface area (Å²) in [4.78, 5) is 27.2. The molecule has 0 atom stereocenters. The molecule has 284 valence electrons. The van der Waals surface area contributed by atoms with Crippen LogP contribution in [0.15, 0.2) is 77.2 Å². The fourth-order valence-corrected chi connectivity index (χ4v) is 9.53. The summed E-state index contributed by atoms with van der Waals surface area (Å²) in [5, 5.41) is 21.6. The molecule has 0 saturated heterocycles.